The van der Waals surface area contributed by atoms with Crippen molar-refractivity contribution in [1.82, 2.24) is 0 Å². The molecule has 26 heavy (non-hydrogen) atoms. The van der Waals surface area contributed by atoms with E-state index in [0.29, 0.717) is 0 Å². The Labute approximate surface area is 162 Å². The molecule has 0 aliphatic carbocycles. The van der Waals surface area contributed by atoms with Gasteiger partial charge >= 0.3 is 0 Å². The summed E-state index contributed by atoms with van der Waals surface area (Å²) in [6.07, 6.45) is 0. The van der Waals surface area contributed by atoms with E-state index < -0.39 is 0 Å². The molecule has 6 heteroatoms. The van der Waals surface area contributed by atoms with Crippen molar-refractivity contribution in [3.8, 4) is 0 Å². The SMILES string of the molecule is Cc1ccc(NC(=O)[C@H](C)[NH+]2CCN(c3ccc(F)cc3)CC2)c(Br)c1. The van der Waals surface area contributed by atoms with E-state index in [0.717, 1.165) is 47.6 Å². The topological polar surface area (TPSA) is 36.8 Å². The molecule has 1 saturated heterocycles. The van der Waals surface area contributed by atoms with Crippen LogP contribution in [-0.4, -0.2) is 38.1 Å². The number of rotatable bonds is 4. The van der Waals surface area contributed by atoms with Crippen molar-refractivity contribution in [3.63, 3.8) is 0 Å². The highest BCUT2D eigenvalue weighted by molar-refractivity contribution is 9.10. The van der Waals surface area contributed by atoms with E-state index in [4.69, 9.17) is 0 Å². The molecule has 0 saturated carbocycles. The van der Waals surface area contributed by atoms with Gasteiger partial charge in [0.15, 0.2) is 6.04 Å². The van der Waals surface area contributed by atoms with E-state index in [2.05, 4.69) is 26.1 Å². The molecule has 2 aromatic rings. The normalized spacial score (nSPS) is 16.4. The smallest absolute Gasteiger partial charge is 0.282 e. The molecule has 1 fully saturated rings. The van der Waals surface area contributed by atoms with Crippen LogP contribution in [0.25, 0.3) is 0 Å². The Bertz CT molecular complexity index is 773. The van der Waals surface area contributed by atoms with Gasteiger partial charge in [-0.15, -0.1) is 0 Å². The molecular formula is C20H24BrFN3O+. The average Bonchev–Trinajstić information content (AvgIpc) is 2.64. The third-order valence-corrected chi connectivity index (χ3v) is 5.64. The minimum Gasteiger partial charge on any atom is -0.360 e. The highest BCUT2D eigenvalue weighted by Gasteiger charge is 2.29. The van der Waals surface area contributed by atoms with E-state index in [1.54, 1.807) is 0 Å². The van der Waals surface area contributed by atoms with E-state index in [9.17, 15) is 9.18 Å². The molecule has 1 atom stereocenters. The molecule has 1 aliphatic heterocycles. The Hall–Kier alpha value is -1.92. The Kier molecular flexibility index (Phi) is 5.94. The molecule has 1 heterocycles. The van der Waals surface area contributed by atoms with Crippen LogP contribution in [0, 0.1) is 12.7 Å². The molecule has 0 aromatic heterocycles. The summed E-state index contributed by atoms with van der Waals surface area (Å²) in [5, 5.41) is 3.02. The fourth-order valence-corrected chi connectivity index (χ4v) is 3.88. The van der Waals surface area contributed by atoms with Crippen LogP contribution >= 0.6 is 15.9 Å². The number of hydrogen-bond acceptors (Lipinski definition) is 2. The van der Waals surface area contributed by atoms with Crippen molar-refractivity contribution in [2.24, 2.45) is 0 Å². The summed E-state index contributed by atoms with van der Waals surface area (Å²) in [4.78, 5) is 16.1. The molecule has 138 valence electrons. The number of aryl methyl sites for hydroxylation is 1. The Balaban J connectivity index is 1.56. The van der Waals surface area contributed by atoms with E-state index in [-0.39, 0.29) is 17.8 Å². The van der Waals surface area contributed by atoms with Gasteiger partial charge in [-0.1, -0.05) is 6.07 Å². The fraction of sp³-hybridized carbons (Fsp3) is 0.350. The highest BCUT2D eigenvalue weighted by atomic mass is 79.9. The highest BCUT2D eigenvalue weighted by Crippen LogP contribution is 2.23. The lowest BCUT2D eigenvalue weighted by molar-refractivity contribution is -0.914. The zero-order valence-electron chi connectivity index (χ0n) is 15.1. The van der Waals surface area contributed by atoms with Gasteiger partial charge in [0, 0.05) is 10.2 Å². The maximum absolute atomic E-state index is 13.1. The quantitative estimate of drug-likeness (QED) is 0.797. The Morgan fingerprint density at radius 3 is 2.46 bits per heavy atom. The molecule has 0 bridgehead atoms. The molecular weight excluding hydrogens is 397 g/mol. The number of amides is 1. The lowest BCUT2D eigenvalue weighted by Gasteiger charge is -2.36. The van der Waals surface area contributed by atoms with Crippen molar-refractivity contribution in [1.29, 1.82) is 0 Å². The van der Waals surface area contributed by atoms with Crippen molar-refractivity contribution in [2.75, 3.05) is 36.4 Å². The number of quaternary nitrogens is 1. The van der Waals surface area contributed by atoms with Crippen LogP contribution in [0.5, 0.6) is 0 Å². The number of nitrogens with zero attached hydrogens (tertiary/aromatic N) is 1. The van der Waals surface area contributed by atoms with Crippen molar-refractivity contribution in [2.45, 2.75) is 19.9 Å². The van der Waals surface area contributed by atoms with Crippen LogP contribution in [0.1, 0.15) is 12.5 Å². The van der Waals surface area contributed by atoms with E-state index >= 15 is 0 Å². The largest absolute Gasteiger partial charge is 0.360 e. The maximum atomic E-state index is 13.1. The van der Waals surface area contributed by atoms with Gasteiger partial charge in [0.25, 0.3) is 5.91 Å². The summed E-state index contributed by atoms with van der Waals surface area (Å²) in [5.74, 6) is -0.189. The zero-order valence-corrected chi connectivity index (χ0v) is 16.6. The van der Waals surface area contributed by atoms with Gasteiger partial charge in [0.1, 0.15) is 5.82 Å². The van der Waals surface area contributed by atoms with Crippen LogP contribution in [0.15, 0.2) is 46.9 Å². The summed E-state index contributed by atoms with van der Waals surface area (Å²) in [6, 6.07) is 12.4. The molecule has 1 aliphatic rings. The molecule has 1 amide bonds. The first kappa shape index (κ1) is 18.9. The lowest BCUT2D eigenvalue weighted by atomic mass is 10.2. The van der Waals surface area contributed by atoms with Gasteiger partial charge in [-0.3, -0.25) is 4.79 Å². The molecule has 0 spiro atoms. The van der Waals surface area contributed by atoms with Gasteiger partial charge in [-0.25, -0.2) is 4.39 Å². The van der Waals surface area contributed by atoms with E-state index in [1.165, 1.54) is 17.0 Å². The third kappa shape index (κ3) is 4.43. The summed E-state index contributed by atoms with van der Waals surface area (Å²) >= 11 is 3.50. The lowest BCUT2D eigenvalue weighted by Crippen LogP contribution is -3.19. The van der Waals surface area contributed by atoms with Crippen LogP contribution in [0.3, 0.4) is 0 Å². The number of anilines is 2. The van der Waals surface area contributed by atoms with Crippen LogP contribution in [-0.2, 0) is 4.79 Å². The first-order valence-corrected chi connectivity index (χ1v) is 9.65. The standard InChI is InChI=1S/C20H23BrFN3O/c1-14-3-8-19(18(21)13-14)23-20(26)15(2)24-9-11-25(12-10-24)17-6-4-16(22)5-7-17/h3-8,13,15H,9-12H2,1-2H3,(H,23,26)/p+1/t15-/m0/s1. The number of piperazine rings is 1. The van der Waals surface area contributed by atoms with Gasteiger partial charge in [-0.2, -0.15) is 0 Å². The number of hydrogen-bond donors (Lipinski definition) is 2. The monoisotopic (exact) mass is 420 g/mol. The molecule has 4 nitrogen and oxygen atoms in total. The van der Waals surface area contributed by atoms with Gasteiger partial charge < -0.3 is 15.1 Å². The van der Waals surface area contributed by atoms with Crippen molar-refractivity contribution >= 4 is 33.2 Å². The Morgan fingerprint density at radius 2 is 1.85 bits per heavy atom. The number of carbonyl (C=O) groups is 1. The summed E-state index contributed by atoms with van der Waals surface area (Å²) in [6.45, 7) is 7.45. The number of halogens is 2. The van der Waals surface area contributed by atoms with Crippen LogP contribution in [0.4, 0.5) is 15.8 Å². The van der Waals surface area contributed by atoms with Gasteiger partial charge in [-0.05, 0) is 71.7 Å². The molecule has 0 unspecified atom stereocenters. The molecule has 2 aromatic carbocycles. The molecule has 3 rings (SSSR count). The van der Waals surface area contributed by atoms with Crippen molar-refractivity contribution < 1.29 is 14.1 Å². The molecule has 2 N–H and O–H groups in total. The number of nitrogens with one attached hydrogen (secondary N) is 2. The number of carbonyl (C=O) groups excluding carboxylic acids is 1. The molecule has 0 radical (unpaired) electrons. The van der Waals surface area contributed by atoms with Crippen LogP contribution in [0.2, 0.25) is 0 Å². The fourth-order valence-electron chi connectivity index (χ4n) is 3.28. The maximum Gasteiger partial charge on any atom is 0.282 e. The first-order chi connectivity index (χ1) is 12.4. The van der Waals surface area contributed by atoms with Crippen LogP contribution < -0.4 is 15.1 Å². The predicted octanol–water partition coefficient (Wildman–Crippen LogP) is 2.63. The minimum absolute atomic E-state index is 0.0276. The van der Waals surface area contributed by atoms with Gasteiger partial charge in [0.2, 0.25) is 0 Å². The summed E-state index contributed by atoms with van der Waals surface area (Å²) in [7, 11) is 0. The van der Waals surface area contributed by atoms with Gasteiger partial charge in [0.05, 0.1) is 31.9 Å². The second kappa shape index (κ2) is 8.18. The average molecular weight is 421 g/mol. The number of benzene rings is 2. The first-order valence-electron chi connectivity index (χ1n) is 8.86. The zero-order chi connectivity index (χ0) is 18.7. The third-order valence-electron chi connectivity index (χ3n) is 4.99. The second-order valence-corrected chi connectivity index (χ2v) is 7.67. The minimum atomic E-state index is -0.217. The Morgan fingerprint density at radius 1 is 1.19 bits per heavy atom. The second-order valence-electron chi connectivity index (χ2n) is 6.82. The summed E-state index contributed by atoms with van der Waals surface area (Å²) < 4.78 is 14.0. The van der Waals surface area contributed by atoms with E-state index in [1.807, 2.05) is 44.2 Å². The van der Waals surface area contributed by atoms with Crippen molar-refractivity contribution in [3.05, 3.63) is 58.3 Å². The predicted molar refractivity (Wildman–Crippen MR) is 106 cm³/mol. The summed E-state index contributed by atoms with van der Waals surface area (Å²) in [5.41, 5.74) is 2.98.